The minimum Gasteiger partial charge on any atom is -0.494 e. The van der Waals surface area contributed by atoms with Gasteiger partial charge in [-0.25, -0.2) is 4.98 Å². The van der Waals surface area contributed by atoms with Gasteiger partial charge >= 0.3 is 0 Å². The van der Waals surface area contributed by atoms with E-state index in [-0.39, 0.29) is 0 Å². The van der Waals surface area contributed by atoms with Crippen LogP contribution in [0.3, 0.4) is 0 Å². The molecular weight excluding hydrogens is 232 g/mol. The molecule has 2 N–H and O–H groups in total. The summed E-state index contributed by atoms with van der Waals surface area (Å²) in [5, 5.41) is 1.84. The van der Waals surface area contributed by atoms with E-state index in [0.717, 1.165) is 33.4 Å². The number of benzene rings is 1. The Kier molecular flexibility index (Phi) is 3.64. The van der Waals surface area contributed by atoms with Crippen molar-refractivity contribution in [2.45, 2.75) is 20.3 Å². The lowest BCUT2D eigenvalue weighted by atomic mass is 10.1. The molecule has 1 heterocycles. The Balaban J connectivity index is 2.37. The quantitative estimate of drug-likeness (QED) is 0.902. The Bertz CT molecular complexity index is 508. The van der Waals surface area contributed by atoms with Gasteiger partial charge in [-0.15, -0.1) is 11.3 Å². The first kappa shape index (κ1) is 11.9. The van der Waals surface area contributed by atoms with Gasteiger partial charge in [-0.3, -0.25) is 0 Å². The topological polar surface area (TPSA) is 48.1 Å². The monoisotopic (exact) mass is 248 g/mol. The average molecular weight is 248 g/mol. The number of rotatable bonds is 4. The van der Waals surface area contributed by atoms with Crippen LogP contribution in [0.15, 0.2) is 24.3 Å². The number of aryl methyl sites for hydroxylation is 1. The predicted octanol–water partition coefficient (Wildman–Crippen LogP) is 3.35. The van der Waals surface area contributed by atoms with E-state index < -0.39 is 0 Å². The van der Waals surface area contributed by atoms with Crippen LogP contribution in [-0.2, 0) is 6.42 Å². The highest BCUT2D eigenvalue weighted by Crippen LogP contribution is 2.32. The van der Waals surface area contributed by atoms with Gasteiger partial charge in [0, 0.05) is 5.56 Å². The van der Waals surface area contributed by atoms with Crippen molar-refractivity contribution in [3.05, 3.63) is 29.3 Å². The van der Waals surface area contributed by atoms with Gasteiger partial charge < -0.3 is 10.5 Å². The minimum absolute atomic E-state index is 0.663. The van der Waals surface area contributed by atoms with Crippen molar-refractivity contribution in [3.8, 4) is 17.0 Å². The molecule has 0 aliphatic carbocycles. The van der Waals surface area contributed by atoms with Gasteiger partial charge in [0.2, 0.25) is 0 Å². The van der Waals surface area contributed by atoms with Crippen molar-refractivity contribution < 1.29 is 4.74 Å². The molecule has 0 atom stereocenters. The van der Waals surface area contributed by atoms with Crippen LogP contribution >= 0.6 is 11.3 Å². The van der Waals surface area contributed by atoms with E-state index in [9.17, 15) is 0 Å². The number of nitrogens with two attached hydrogens (primary N) is 1. The molecule has 1 aromatic heterocycles. The zero-order chi connectivity index (χ0) is 12.3. The molecule has 0 fully saturated rings. The van der Waals surface area contributed by atoms with Gasteiger partial charge in [-0.05, 0) is 25.5 Å². The minimum atomic E-state index is 0.663. The van der Waals surface area contributed by atoms with Gasteiger partial charge in [0.1, 0.15) is 16.4 Å². The highest BCUT2D eigenvalue weighted by atomic mass is 32.1. The second-order valence-electron chi connectivity index (χ2n) is 3.63. The van der Waals surface area contributed by atoms with E-state index in [4.69, 9.17) is 10.5 Å². The lowest BCUT2D eigenvalue weighted by Gasteiger charge is -2.04. The molecule has 17 heavy (non-hydrogen) atoms. The Hall–Kier alpha value is -1.55. The maximum atomic E-state index is 5.99. The first-order valence-corrected chi connectivity index (χ1v) is 6.54. The largest absolute Gasteiger partial charge is 0.494 e. The molecule has 0 aliphatic heterocycles. The molecule has 0 saturated carbocycles. The molecule has 2 rings (SSSR count). The maximum Gasteiger partial charge on any atom is 0.119 e. The van der Waals surface area contributed by atoms with E-state index in [1.807, 2.05) is 31.2 Å². The Labute approximate surface area is 105 Å². The first-order valence-electron chi connectivity index (χ1n) is 5.73. The lowest BCUT2D eigenvalue weighted by Crippen LogP contribution is -1.92. The van der Waals surface area contributed by atoms with Crippen molar-refractivity contribution in [2.24, 2.45) is 0 Å². The van der Waals surface area contributed by atoms with Crippen LogP contribution in [0.1, 0.15) is 18.9 Å². The number of aromatic nitrogens is 1. The van der Waals surface area contributed by atoms with Gasteiger partial charge in [0.05, 0.1) is 11.6 Å². The summed E-state index contributed by atoms with van der Waals surface area (Å²) >= 11 is 1.55. The second-order valence-corrected chi connectivity index (χ2v) is 4.75. The zero-order valence-electron chi connectivity index (χ0n) is 10.1. The van der Waals surface area contributed by atoms with E-state index >= 15 is 0 Å². The maximum absolute atomic E-state index is 5.99. The highest BCUT2D eigenvalue weighted by Gasteiger charge is 2.10. The molecule has 2 aromatic rings. The summed E-state index contributed by atoms with van der Waals surface area (Å²) < 4.78 is 5.48. The van der Waals surface area contributed by atoms with E-state index in [2.05, 4.69) is 11.9 Å². The summed E-state index contributed by atoms with van der Waals surface area (Å²) in [4.78, 5) is 4.54. The van der Waals surface area contributed by atoms with Crippen molar-refractivity contribution in [1.29, 1.82) is 0 Å². The Morgan fingerprint density at radius 3 is 2.82 bits per heavy atom. The van der Waals surface area contributed by atoms with Crippen molar-refractivity contribution in [2.75, 3.05) is 12.3 Å². The second kappa shape index (κ2) is 5.19. The van der Waals surface area contributed by atoms with Crippen molar-refractivity contribution in [3.63, 3.8) is 0 Å². The Morgan fingerprint density at radius 1 is 1.35 bits per heavy atom. The van der Waals surface area contributed by atoms with Crippen molar-refractivity contribution in [1.82, 2.24) is 4.98 Å². The number of nitrogens with zero attached hydrogens (tertiary/aromatic N) is 1. The average Bonchev–Trinajstić information content (AvgIpc) is 2.71. The summed E-state index contributed by atoms with van der Waals surface area (Å²) in [6, 6.07) is 7.89. The van der Waals surface area contributed by atoms with Crippen LogP contribution in [0.2, 0.25) is 0 Å². The van der Waals surface area contributed by atoms with Gasteiger partial charge in [-0.1, -0.05) is 19.1 Å². The molecule has 0 saturated heterocycles. The van der Waals surface area contributed by atoms with Gasteiger partial charge in [0.15, 0.2) is 0 Å². The fourth-order valence-electron chi connectivity index (χ4n) is 1.64. The third kappa shape index (κ3) is 2.58. The molecule has 3 nitrogen and oxygen atoms in total. The molecule has 0 amide bonds. The molecule has 0 unspecified atom stereocenters. The van der Waals surface area contributed by atoms with Crippen LogP contribution in [0.25, 0.3) is 11.3 Å². The van der Waals surface area contributed by atoms with Crippen LogP contribution in [0.5, 0.6) is 5.75 Å². The molecule has 0 spiro atoms. The number of ether oxygens (including phenoxy) is 1. The number of anilines is 1. The van der Waals surface area contributed by atoms with E-state index in [1.54, 1.807) is 11.3 Å². The number of hydrogen-bond acceptors (Lipinski definition) is 4. The predicted molar refractivity (Wildman–Crippen MR) is 72.5 cm³/mol. The Morgan fingerprint density at radius 2 is 2.18 bits per heavy atom. The molecular formula is C13H16N2OS. The molecule has 90 valence electrons. The lowest BCUT2D eigenvalue weighted by molar-refractivity contribution is 0.340. The van der Waals surface area contributed by atoms with Crippen LogP contribution in [0.4, 0.5) is 5.00 Å². The third-order valence-electron chi connectivity index (χ3n) is 2.42. The fraction of sp³-hybridized carbons (Fsp3) is 0.308. The van der Waals surface area contributed by atoms with Crippen molar-refractivity contribution >= 4 is 16.3 Å². The first-order chi connectivity index (χ1) is 8.24. The normalized spacial score (nSPS) is 10.5. The van der Waals surface area contributed by atoms with Gasteiger partial charge in [0.25, 0.3) is 0 Å². The summed E-state index contributed by atoms with van der Waals surface area (Å²) in [6.45, 7) is 4.72. The van der Waals surface area contributed by atoms with Gasteiger partial charge in [-0.2, -0.15) is 0 Å². The summed E-state index contributed by atoms with van der Waals surface area (Å²) in [5.41, 5.74) is 7.88. The summed E-state index contributed by atoms with van der Waals surface area (Å²) in [7, 11) is 0. The number of nitrogen functional groups attached to an aromatic ring is 1. The molecule has 0 radical (unpaired) electrons. The van der Waals surface area contributed by atoms with Crippen LogP contribution < -0.4 is 10.5 Å². The van der Waals surface area contributed by atoms with Crippen LogP contribution in [0, 0.1) is 0 Å². The van der Waals surface area contributed by atoms with E-state index in [1.165, 1.54) is 0 Å². The number of hydrogen-bond donors (Lipinski definition) is 1. The number of thiazole rings is 1. The highest BCUT2D eigenvalue weighted by molar-refractivity contribution is 7.16. The summed E-state index contributed by atoms with van der Waals surface area (Å²) in [5.74, 6) is 0.857. The molecule has 4 heteroatoms. The molecule has 1 aromatic carbocycles. The zero-order valence-corrected chi connectivity index (χ0v) is 10.9. The van der Waals surface area contributed by atoms with Crippen LogP contribution in [-0.4, -0.2) is 11.6 Å². The molecule has 0 bridgehead atoms. The SMILES string of the molecule is CCOc1cccc(-c2nc(CC)sc2N)c1. The summed E-state index contributed by atoms with van der Waals surface area (Å²) in [6.07, 6.45) is 0.917. The fourth-order valence-corrected chi connectivity index (χ4v) is 2.43. The molecule has 0 aliphatic rings. The standard InChI is InChI=1S/C13H16N2OS/c1-3-11-15-12(13(14)17-11)9-6-5-7-10(8-9)16-4-2/h5-8H,3-4,14H2,1-2H3. The smallest absolute Gasteiger partial charge is 0.119 e. The third-order valence-corrected chi connectivity index (χ3v) is 3.45. The van der Waals surface area contributed by atoms with E-state index in [0.29, 0.717) is 6.61 Å².